The lowest BCUT2D eigenvalue weighted by Gasteiger charge is -2.16. The van der Waals surface area contributed by atoms with Crippen LogP contribution in [-0.4, -0.2) is 58.2 Å². The third-order valence-corrected chi connectivity index (χ3v) is 4.03. The monoisotopic (exact) mass is 252 g/mol. The van der Waals surface area contributed by atoms with Gasteiger partial charge in [-0.2, -0.15) is 0 Å². The fraction of sp³-hybridized carbons (Fsp3) is 0.889. The van der Waals surface area contributed by atoms with Crippen molar-refractivity contribution in [1.29, 1.82) is 0 Å². The molecule has 0 rings (SSSR count). The summed E-state index contributed by atoms with van der Waals surface area (Å²) >= 11 is 0. The number of carbonyl (C=O) groups excluding carboxylic acids is 1. The zero-order valence-electron chi connectivity index (χ0n) is 10.2. The molecule has 0 spiro atoms. The van der Waals surface area contributed by atoms with Crippen molar-refractivity contribution in [2.75, 3.05) is 33.5 Å². The molecule has 0 saturated heterocycles. The molecule has 0 aliphatic heterocycles. The Morgan fingerprint density at radius 3 is 2.38 bits per heavy atom. The van der Waals surface area contributed by atoms with Gasteiger partial charge in [0.1, 0.15) is 6.04 Å². The molecule has 0 aromatic rings. The number of nitrogens with one attached hydrogen (secondary N) is 1. The molecular weight excluding hydrogens is 232 g/mol. The first-order valence-electron chi connectivity index (χ1n) is 5.06. The fourth-order valence-corrected chi connectivity index (χ4v) is 1.82. The summed E-state index contributed by atoms with van der Waals surface area (Å²) in [6.07, 6.45) is 0.564. The van der Waals surface area contributed by atoms with E-state index in [9.17, 15) is 13.2 Å². The Morgan fingerprint density at radius 2 is 2.00 bits per heavy atom. The molecule has 0 aliphatic carbocycles. The van der Waals surface area contributed by atoms with Gasteiger partial charge in [-0.15, -0.1) is 0 Å². The second-order valence-corrected chi connectivity index (χ2v) is 5.84. The summed E-state index contributed by atoms with van der Waals surface area (Å²) in [5.74, 6) is -0.405. The summed E-state index contributed by atoms with van der Waals surface area (Å²) < 4.78 is 28.6. The van der Waals surface area contributed by atoms with Gasteiger partial charge in [-0.1, -0.05) is 6.92 Å². The molecule has 0 aromatic carbocycles. The van der Waals surface area contributed by atoms with Gasteiger partial charge in [0.25, 0.3) is 0 Å². The standard InChI is InChI=1S/C9H20N2O4S/c1-5-8(9(12)15-4)10-6-7-16(13,14)11(2)3/h8,10H,5-7H2,1-4H3. The Labute approximate surface area is 97.0 Å². The highest BCUT2D eigenvalue weighted by atomic mass is 32.2. The first kappa shape index (κ1) is 15.3. The second-order valence-electron chi connectivity index (χ2n) is 3.54. The van der Waals surface area contributed by atoms with Gasteiger partial charge in [-0.3, -0.25) is 4.79 Å². The van der Waals surface area contributed by atoms with Crippen LogP contribution in [0.15, 0.2) is 0 Å². The van der Waals surface area contributed by atoms with E-state index < -0.39 is 16.1 Å². The smallest absolute Gasteiger partial charge is 0.322 e. The molecule has 0 amide bonds. The molecule has 7 heteroatoms. The minimum Gasteiger partial charge on any atom is -0.468 e. The highest BCUT2D eigenvalue weighted by Gasteiger charge is 2.18. The zero-order valence-corrected chi connectivity index (χ0v) is 11.0. The molecule has 0 radical (unpaired) electrons. The number of hydrogen-bond donors (Lipinski definition) is 1. The van der Waals surface area contributed by atoms with Crippen molar-refractivity contribution in [2.45, 2.75) is 19.4 Å². The molecule has 0 fully saturated rings. The van der Waals surface area contributed by atoms with Gasteiger partial charge < -0.3 is 10.1 Å². The number of carbonyl (C=O) groups is 1. The van der Waals surface area contributed by atoms with Gasteiger partial charge in [0.2, 0.25) is 10.0 Å². The van der Waals surface area contributed by atoms with Gasteiger partial charge in [-0.05, 0) is 6.42 Å². The number of methoxy groups -OCH3 is 1. The van der Waals surface area contributed by atoms with Crippen molar-refractivity contribution in [3.05, 3.63) is 0 Å². The maximum atomic E-state index is 11.4. The molecule has 0 saturated carbocycles. The number of rotatable bonds is 7. The number of hydrogen-bond acceptors (Lipinski definition) is 5. The Kier molecular flexibility index (Phi) is 6.54. The number of sulfonamides is 1. The molecule has 0 aromatic heterocycles. The average molecular weight is 252 g/mol. The van der Waals surface area contributed by atoms with E-state index in [1.165, 1.54) is 21.2 Å². The predicted molar refractivity (Wildman–Crippen MR) is 61.6 cm³/mol. The van der Waals surface area contributed by atoms with E-state index in [2.05, 4.69) is 10.1 Å². The number of nitrogens with zero attached hydrogens (tertiary/aromatic N) is 1. The van der Waals surface area contributed by atoms with Gasteiger partial charge >= 0.3 is 5.97 Å². The van der Waals surface area contributed by atoms with Crippen molar-refractivity contribution in [3.8, 4) is 0 Å². The molecule has 6 nitrogen and oxygen atoms in total. The summed E-state index contributed by atoms with van der Waals surface area (Å²) in [4.78, 5) is 11.2. The largest absolute Gasteiger partial charge is 0.468 e. The lowest BCUT2D eigenvalue weighted by atomic mass is 10.2. The summed E-state index contributed by atoms with van der Waals surface area (Å²) in [5.41, 5.74) is 0. The molecule has 0 aliphatic rings. The highest BCUT2D eigenvalue weighted by molar-refractivity contribution is 7.89. The van der Waals surface area contributed by atoms with E-state index in [0.29, 0.717) is 6.42 Å². The topological polar surface area (TPSA) is 75.7 Å². The van der Waals surface area contributed by atoms with Crippen LogP contribution < -0.4 is 5.32 Å². The Hall–Kier alpha value is -0.660. The van der Waals surface area contributed by atoms with Crippen molar-refractivity contribution in [1.82, 2.24) is 9.62 Å². The van der Waals surface area contributed by atoms with Crippen molar-refractivity contribution < 1.29 is 17.9 Å². The SMILES string of the molecule is CCC(NCCS(=O)(=O)N(C)C)C(=O)OC. The van der Waals surface area contributed by atoms with Crippen LogP contribution in [-0.2, 0) is 19.6 Å². The normalized spacial score (nSPS) is 13.8. The van der Waals surface area contributed by atoms with Crippen LogP contribution in [0.3, 0.4) is 0 Å². The van der Waals surface area contributed by atoms with Crippen LogP contribution in [0.25, 0.3) is 0 Å². The van der Waals surface area contributed by atoms with Crippen LogP contribution in [0.5, 0.6) is 0 Å². The van der Waals surface area contributed by atoms with Gasteiger partial charge in [0.05, 0.1) is 12.9 Å². The van der Waals surface area contributed by atoms with E-state index >= 15 is 0 Å². The van der Waals surface area contributed by atoms with Gasteiger partial charge in [0.15, 0.2) is 0 Å². The first-order chi connectivity index (χ1) is 7.35. The van der Waals surface area contributed by atoms with Crippen molar-refractivity contribution >= 4 is 16.0 Å². The summed E-state index contributed by atoms with van der Waals surface area (Å²) in [5, 5.41) is 2.85. The van der Waals surface area contributed by atoms with E-state index in [4.69, 9.17) is 0 Å². The first-order valence-corrected chi connectivity index (χ1v) is 6.67. The lowest BCUT2D eigenvalue weighted by molar-refractivity contribution is -0.143. The molecule has 1 atom stereocenters. The van der Waals surface area contributed by atoms with E-state index in [1.54, 1.807) is 0 Å². The molecule has 0 bridgehead atoms. The van der Waals surface area contributed by atoms with Crippen LogP contribution in [0, 0.1) is 0 Å². The molecule has 1 unspecified atom stereocenters. The van der Waals surface area contributed by atoms with Crippen LogP contribution >= 0.6 is 0 Å². The van der Waals surface area contributed by atoms with Gasteiger partial charge in [0, 0.05) is 20.6 Å². The van der Waals surface area contributed by atoms with Crippen molar-refractivity contribution in [2.24, 2.45) is 0 Å². The highest BCUT2D eigenvalue weighted by Crippen LogP contribution is 1.96. The Morgan fingerprint density at radius 1 is 1.44 bits per heavy atom. The second kappa shape index (κ2) is 6.82. The minimum atomic E-state index is -3.22. The lowest BCUT2D eigenvalue weighted by Crippen LogP contribution is -2.40. The summed E-state index contributed by atoms with van der Waals surface area (Å²) in [7, 11) is 1.05. The Balaban J connectivity index is 4.11. The van der Waals surface area contributed by atoms with Crippen LogP contribution in [0.2, 0.25) is 0 Å². The third kappa shape index (κ3) is 4.91. The molecule has 0 heterocycles. The zero-order chi connectivity index (χ0) is 12.8. The maximum absolute atomic E-state index is 11.4. The molecule has 16 heavy (non-hydrogen) atoms. The van der Waals surface area contributed by atoms with Crippen LogP contribution in [0.4, 0.5) is 0 Å². The molecule has 96 valence electrons. The summed E-state index contributed by atoms with van der Waals surface area (Å²) in [6.45, 7) is 2.06. The Bertz CT molecular complexity index is 313. The van der Waals surface area contributed by atoms with E-state index in [-0.39, 0.29) is 18.3 Å². The maximum Gasteiger partial charge on any atom is 0.322 e. The molecular formula is C9H20N2O4S. The van der Waals surface area contributed by atoms with Crippen LogP contribution in [0.1, 0.15) is 13.3 Å². The van der Waals surface area contributed by atoms with E-state index in [1.807, 2.05) is 6.92 Å². The quantitative estimate of drug-likeness (QED) is 0.613. The summed E-state index contributed by atoms with van der Waals surface area (Å²) in [6, 6.07) is -0.442. The number of ether oxygens (including phenoxy) is 1. The number of esters is 1. The van der Waals surface area contributed by atoms with E-state index in [0.717, 1.165) is 4.31 Å². The third-order valence-electron chi connectivity index (χ3n) is 2.20. The predicted octanol–water partition coefficient (Wildman–Crippen LogP) is -0.581. The average Bonchev–Trinajstić information content (AvgIpc) is 2.23. The minimum absolute atomic E-state index is 0.0342. The molecule has 1 N–H and O–H groups in total. The van der Waals surface area contributed by atoms with Crippen molar-refractivity contribution in [3.63, 3.8) is 0 Å². The van der Waals surface area contributed by atoms with Gasteiger partial charge in [-0.25, -0.2) is 12.7 Å². The fourth-order valence-electron chi connectivity index (χ4n) is 1.08.